The van der Waals surface area contributed by atoms with Crippen molar-refractivity contribution in [2.75, 3.05) is 26.3 Å². The van der Waals surface area contributed by atoms with E-state index in [2.05, 4.69) is 71.9 Å². The lowest BCUT2D eigenvalue weighted by molar-refractivity contribution is -0.126. The Morgan fingerprint density at radius 3 is 2.76 bits per heavy atom. The largest absolute Gasteiger partial charge is 0.380 e. The summed E-state index contributed by atoms with van der Waals surface area (Å²) in [7, 11) is 0. The highest BCUT2D eigenvalue weighted by atomic mass is 16.5. The van der Waals surface area contributed by atoms with Crippen LogP contribution in [0.4, 0.5) is 0 Å². The van der Waals surface area contributed by atoms with E-state index in [1.807, 2.05) is 26.8 Å². The summed E-state index contributed by atoms with van der Waals surface area (Å²) in [6.45, 7) is 10.1. The Morgan fingerprint density at radius 2 is 1.97 bits per heavy atom. The molecule has 0 aromatic heterocycles. The molecule has 4 nitrogen and oxygen atoms in total. The quantitative estimate of drug-likeness (QED) is 0.496. The van der Waals surface area contributed by atoms with E-state index in [9.17, 15) is 4.79 Å². The molecule has 0 saturated carbocycles. The van der Waals surface area contributed by atoms with Crippen molar-refractivity contribution in [3.05, 3.63) is 60.2 Å². The van der Waals surface area contributed by atoms with Gasteiger partial charge in [-0.15, -0.1) is 0 Å². The maximum absolute atomic E-state index is 12.2. The molecule has 0 spiro atoms. The molecular formula is C25H32N2O2. The number of carbonyl (C=O) groups excluding carboxylic acids is 1. The zero-order valence-electron chi connectivity index (χ0n) is 17.9. The molecule has 0 radical (unpaired) electrons. The van der Waals surface area contributed by atoms with Gasteiger partial charge in [0.2, 0.25) is 5.91 Å². The van der Waals surface area contributed by atoms with Crippen molar-refractivity contribution in [1.29, 1.82) is 0 Å². The lowest BCUT2D eigenvalue weighted by Crippen LogP contribution is -2.37. The highest BCUT2D eigenvalue weighted by Crippen LogP contribution is 2.23. The van der Waals surface area contributed by atoms with Crippen LogP contribution in [0.5, 0.6) is 0 Å². The van der Waals surface area contributed by atoms with Crippen molar-refractivity contribution in [2.24, 2.45) is 5.41 Å². The van der Waals surface area contributed by atoms with Crippen molar-refractivity contribution in [3.8, 4) is 11.8 Å². The summed E-state index contributed by atoms with van der Waals surface area (Å²) in [4.78, 5) is 12.2. The van der Waals surface area contributed by atoms with E-state index < -0.39 is 5.41 Å². The van der Waals surface area contributed by atoms with Gasteiger partial charge in [-0.1, -0.05) is 60.4 Å². The molecule has 0 bridgehead atoms. The number of nitrogens with one attached hydrogen (secondary N) is 2. The van der Waals surface area contributed by atoms with E-state index >= 15 is 0 Å². The molecule has 1 atom stereocenters. The number of hydrogen-bond acceptors (Lipinski definition) is 3. The molecule has 0 aliphatic rings. The molecule has 0 unspecified atom stereocenters. The predicted octanol–water partition coefficient (Wildman–Crippen LogP) is 4.23. The minimum atomic E-state index is -0.736. The SMILES string of the molecule is CCOCCNC(=O)C(C)(C)C#CC=CCN[C@H](C)c1cccc2ccccc12. The van der Waals surface area contributed by atoms with Crippen molar-refractivity contribution >= 4 is 16.7 Å². The van der Waals surface area contributed by atoms with Crippen LogP contribution in [0.3, 0.4) is 0 Å². The zero-order chi connectivity index (χ0) is 21.1. The maximum Gasteiger partial charge on any atom is 0.237 e. The molecule has 29 heavy (non-hydrogen) atoms. The molecule has 0 fully saturated rings. The Labute approximate surface area is 174 Å². The molecule has 0 aliphatic heterocycles. The van der Waals surface area contributed by atoms with Gasteiger partial charge < -0.3 is 15.4 Å². The minimum Gasteiger partial charge on any atom is -0.380 e. The topological polar surface area (TPSA) is 50.4 Å². The first-order chi connectivity index (χ1) is 14.0. The molecule has 0 heterocycles. The van der Waals surface area contributed by atoms with Crippen LogP contribution in [0.1, 0.15) is 39.3 Å². The lowest BCUT2D eigenvalue weighted by atomic mass is 9.93. The smallest absolute Gasteiger partial charge is 0.237 e. The third-order valence-corrected chi connectivity index (χ3v) is 4.72. The fourth-order valence-electron chi connectivity index (χ4n) is 2.98. The van der Waals surface area contributed by atoms with Gasteiger partial charge in [0, 0.05) is 25.7 Å². The van der Waals surface area contributed by atoms with Crippen LogP contribution in [0.15, 0.2) is 54.6 Å². The molecule has 2 aromatic carbocycles. The van der Waals surface area contributed by atoms with Gasteiger partial charge in [0.1, 0.15) is 5.41 Å². The summed E-state index contributed by atoms with van der Waals surface area (Å²) >= 11 is 0. The van der Waals surface area contributed by atoms with E-state index in [1.54, 1.807) is 6.08 Å². The number of hydrogen-bond donors (Lipinski definition) is 2. The van der Waals surface area contributed by atoms with Crippen molar-refractivity contribution in [3.63, 3.8) is 0 Å². The first-order valence-electron chi connectivity index (χ1n) is 10.2. The van der Waals surface area contributed by atoms with E-state index in [1.165, 1.54) is 16.3 Å². The molecule has 0 saturated heterocycles. The van der Waals surface area contributed by atoms with Gasteiger partial charge in [-0.3, -0.25) is 4.79 Å². The highest BCUT2D eigenvalue weighted by Gasteiger charge is 2.24. The van der Waals surface area contributed by atoms with E-state index in [-0.39, 0.29) is 11.9 Å². The van der Waals surface area contributed by atoms with E-state index in [0.29, 0.717) is 26.3 Å². The average Bonchev–Trinajstić information content (AvgIpc) is 2.72. The van der Waals surface area contributed by atoms with E-state index in [0.717, 1.165) is 0 Å². The van der Waals surface area contributed by atoms with Crippen LogP contribution in [-0.2, 0) is 9.53 Å². The number of benzene rings is 2. The van der Waals surface area contributed by atoms with Crippen molar-refractivity contribution < 1.29 is 9.53 Å². The number of amides is 1. The summed E-state index contributed by atoms with van der Waals surface area (Å²) < 4.78 is 5.23. The average molecular weight is 393 g/mol. The van der Waals surface area contributed by atoms with Crippen LogP contribution >= 0.6 is 0 Å². The molecule has 4 heteroatoms. The summed E-state index contributed by atoms with van der Waals surface area (Å²) in [5.74, 6) is 5.93. The lowest BCUT2D eigenvalue weighted by Gasteiger charge is -2.16. The third kappa shape index (κ3) is 7.05. The minimum absolute atomic E-state index is 0.0826. The number of allylic oxidation sites excluding steroid dienone is 1. The monoisotopic (exact) mass is 392 g/mol. The highest BCUT2D eigenvalue weighted by molar-refractivity contribution is 5.86. The zero-order valence-corrected chi connectivity index (χ0v) is 17.9. The second-order valence-corrected chi connectivity index (χ2v) is 7.45. The molecule has 154 valence electrons. The van der Waals surface area contributed by atoms with Crippen molar-refractivity contribution in [1.82, 2.24) is 10.6 Å². The maximum atomic E-state index is 12.2. The molecule has 2 rings (SSSR count). The fraction of sp³-hybridized carbons (Fsp3) is 0.400. The van der Waals surface area contributed by atoms with Crippen LogP contribution in [0, 0.1) is 17.3 Å². The van der Waals surface area contributed by atoms with Crippen LogP contribution < -0.4 is 10.6 Å². The number of carbonyl (C=O) groups is 1. The molecule has 1 amide bonds. The van der Waals surface area contributed by atoms with Gasteiger partial charge in [0.25, 0.3) is 0 Å². The van der Waals surface area contributed by atoms with Gasteiger partial charge >= 0.3 is 0 Å². The third-order valence-electron chi connectivity index (χ3n) is 4.72. The Morgan fingerprint density at radius 1 is 1.21 bits per heavy atom. The van der Waals surface area contributed by atoms with Crippen LogP contribution in [-0.4, -0.2) is 32.2 Å². The molecule has 0 aliphatic carbocycles. The molecular weight excluding hydrogens is 360 g/mol. The Balaban J connectivity index is 1.84. The first-order valence-corrected chi connectivity index (χ1v) is 10.2. The normalized spacial score (nSPS) is 12.6. The van der Waals surface area contributed by atoms with Crippen molar-refractivity contribution in [2.45, 2.75) is 33.7 Å². The fourth-order valence-corrected chi connectivity index (χ4v) is 2.98. The van der Waals surface area contributed by atoms with Gasteiger partial charge in [-0.2, -0.15) is 0 Å². The second-order valence-electron chi connectivity index (χ2n) is 7.45. The summed E-state index contributed by atoms with van der Waals surface area (Å²) in [6, 6.07) is 15.0. The summed E-state index contributed by atoms with van der Waals surface area (Å²) in [6.07, 6.45) is 3.79. The summed E-state index contributed by atoms with van der Waals surface area (Å²) in [5.41, 5.74) is 0.549. The summed E-state index contributed by atoms with van der Waals surface area (Å²) in [5, 5.41) is 8.88. The Hall–Kier alpha value is -2.61. The van der Waals surface area contributed by atoms with Gasteiger partial charge in [0.05, 0.1) is 6.61 Å². The van der Waals surface area contributed by atoms with Crippen LogP contribution in [0.25, 0.3) is 10.8 Å². The number of ether oxygens (including phenoxy) is 1. The van der Waals surface area contributed by atoms with E-state index in [4.69, 9.17) is 4.74 Å². The number of rotatable bonds is 9. The van der Waals surface area contributed by atoms with Gasteiger partial charge in [-0.05, 0) is 50.1 Å². The predicted molar refractivity (Wildman–Crippen MR) is 121 cm³/mol. The molecule has 2 aromatic rings. The van der Waals surface area contributed by atoms with Gasteiger partial charge in [-0.25, -0.2) is 0 Å². The first kappa shape index (κ1) is 22.7. The Kier molecular flexibility index (Phi) is 8.92. The standard InChI is InChI=1S/C25H32N2O2/c1-5-29-19-18-27-24(28)25(3,4)16-9-6-10-17-26-20(2)22-15-11-13-21-12-7-8-14-23(21)22/h6-8,10-15,20,26H,5,17-19H2,1-4H3,(H,27,28)/t20-/m1/s1. The number of fused-ring (bicyclic) bond motifs is 1. The second kappa shape index (κ2) is 11.4. The van der Waals surface area contributed by atoms with Crippen LogP contribution in [0.2, 0.25) is 0 Å². The molecule has 2 N–H and O–H groups in total. The Bertz CT molecular complexity index is 885. The van der Waals surface area contributed by atoms with Gasteiger partial charge in [0.15, 0.2) is 0 Å².